The maximum absolute atomic E-state index is 11.7. The lowest BCUT2D eigenvalue weighted by Crippen LogP contribution is -2.35. The van der Waals surface area contributed by atoms with Crippen LogP contribution in [0.3, 0.4) is 0 Å². The molecule has 1 heterocycles. The van der Waals surface area contributed by atoms with Crippen LogP contribution in [0.4, 0.5) is 0 Å². The van der Waals surface area contributed by atoms with Crippen LogP contribution < -0.4 is 10.9 Å². The smallest absolute Gasteiger partial charge is 0.254 e. The number of aromatic amines is 1. The number of nitrogens with zero attached hydrogens (tertiary/aromatic N) is 1. The third-order valence-corrected chi connectivity index (χ3v) is 2.62. The Labute approximate surface area is 105 Å². The van der Waals surface area contributed by atoms with Gasteiger partial charge in [0.1, 0.15) is 5.82 Å². The molecule has 100 valence electrons. The number of aryl methyl sites for hydroxylation is 2. The van der Waals surface area contributed by atoms with Gasteiger partial charge >= 0.3 is 0 Å². The lowest BCUT2D eigenvalue weighted by molar-refractivity contribution is -0.121. The molecule has 1 amide bonds. The van der Waals surface area contributed by atoms with Crippen molar-refractivity contribution in [1.82, 2.24) is 15.3 Å². The molecule has 1 aromatic heterocycles. The van der Waals surface area contributed by atoms with Gasteiger partial charge in [-0.2, -0.15) is 0 Å². The van der Waals surface area contributed by atoms with E-state index in [1.165, 1.54) is 0 Å². The number of rotatable bonds is 5. The zero-order valence-corrected chi connectivity index (χ0v) is 10.9. The van der Waals surface area contributed by atoms with Crippen molar-refractivity contribution < 1.29 is 9.90 Å². The summed E-state index contributed by atoms with van der Waals surface area (Å²) in [6, 6.07) is -0.270. The minimum Gasteiger partial charge on any atom is -0.394 e. The Morgan fingerprint density at radius 2 is 2.17 bits per heavy atom. The zero-order chi connectivity index (χ0) is 13.7. The topological polar surface area (TPSA) is 95.1 Å². The molecule has 3 N–H and O–H groups in total. The van der Waals surface area contributed by atoms with Crippen molar-refractivity contribution in [1.29, 1.82) is 0 Å². The van der Waals surface area contributed by atoms with E-state index in [2.05, 4.69) is 15.3 Å². The number of H-pyrrole nitrogens is 1. The van der Waals surface area contributed by atoms with Crippen molar-refractivity contribution in [3.8, 4) is 0 Å². The minimum absolute atomic E-state index is 0.0998. The summed E-state index contributed by atoms with van der Waals surface area (Å²) in [5, 5.41) is 11.4. The van der Waals surface area contributed by atoms with Crippen LogP contribution in [-0.2, 0) is 11.2 Å². The summed E-state index contributed by atoms with van der Waals surface area (Å²) in [5.74, 6) is 0.385. The van der Waals surface area contributed by atoms with Gasteiger partial charge in [-0.15, -0.1) is 0 Å². The molecule has 0 aliphatic rings. The average Bonchev–Trinajstić information content (AvgIpc) is 2.27. The summed E-state index contributed by atoms with van der Waals surface area (Å²) in [6.45, 7) is 5.08. The Morgan fingerprint density at radius 3 is 2.72 bits per heavy atom. The third-order valence-electron chi connectivity index (χ3n) is 2.62. The fraction of sp³-hybridized carbons (Fsp3) is 0.583. The van der Waals surface area contributed by atoms with Crippen LogP contribution in [0.2, 0.25) is 0 Å². The monoisotopic (exact) mass is 253 g/mol. The van der Waals surface area contributed by atoms with Gasteiger partial charge in [-0.25, -0.2) is 4.98 Å². The normalized spacial score (nSPS) is 12.2. The molecule has 0 unspecified atom stereocenters. The predicted octanol–water partition coefficient (Wildman–Crippen LogP) is -0.184. The Morgan fingerprint density at radius 1 is 1.50 bits per heavy atom. The highest BCUT2D eigenvalue weighted by Gasteiger charge is 2.10. The van der Waals surface area contributed by atoms with Crippen LogP contribution in [-0.4, -0.2) is 33.6 Å². The molecular formula is C12H19N3O3. The van der Waals surface area contributed by atoms with Gasteiger partial charge in [0.05, 0.1) is 6.61 Å². The molecule has 6 nitrogen and oxygen atoms in total. The summed E-state index contributed by atoms with van der Waals surface area (Å²) in [4.78, 5) is 30.0. The van der Waals surface area contributed by atoms with Gasteiger partial charge in [0.2, 0.25) is 5.91 Å². The number of aliphatic hydroxyl groups excluding tert-OH is 1. The lowest BCUT2D eigenvalue weighted by atomic mass is 10.1. The molecule has 0 aliphatic carbocycles. The van der Waals surface area contributed by atoms with Crippen molar-refractivity contribution in [2.24, 2.45) is 0 Å². The van der Waals surface area contributed by atoms with E-state index < -0.39 is 0 Å². The van der Waals surface area contributed by atoms with Crippen molar-refractivity contribution >= 4 is 5.91 Å². The van der Waals surface area contributed by atoms with E-state index in [1.807, 2.05) is 0 Å². The highest BCUT2D eigenvalue weighted by molar-refractivity contribution is 5.76. The molecule has 18 heavy (non-hydrogen) atoms. The zero-order valence-electron chi connectivity index (χ0n) is 10.9. The number of nitrogens with one attached hydrogen (secondary N) is 2. The summed E-state index contributed by atoms with van der Waals surface area (Å²) >= 11 is 0. The third kappa shape index (κ3) is 3.96. The fourth-order valence-corrected chi connectivity index (χ4v) is 1.68. The summed E-state index contributed by atoms with van der Waals surface area (Å²) in [7, 11) is 0. The minimum atomic E-state index is -0.270. The molecule has 0 bridgehead atoms. The number of hydrogen-bond donors (Lipinski definition) is 3. The second kappa shape index (κ2) is 6.30. The van der Waals surface area contributed by atoms with E-state index in [0.29, 0.717) is 23.5 Å². The van der Waals surface area contributed by atoms with E-state index in [4.69, 9.17) is 5.11 Å². The Kier molecular flexibility index (Phi) is 5.03. The molecule has 6 heteroatoms. The molecule has 0 spiro atoms. The molecule has 1 aromatic rings. The number of carbonyl (C=O) groups excluding carboxylic acids is 1. The highest BCUT2D eigenvalue weighted by atomic mass is 16.3. The maximum Gasteiger partial charge on any atom is 0.254 e. The van der Waals surface area contributed by atoms with Gasteiger partial charge in [0.25, 0.3) is 5.56 Å². The Hall–Kier alpha value is -1.69. The quantitative estimate of drug-likeness (QED) is 0.678. The molecule has 1 atom stereocenters. The van der Waals surface area contributed by atoms with Crippen LogP contribution in [0.25, 0.3) is 0 Å². The SMILES string of the molecule is Cc1nc(C)c(CCC(=O)N[C@H](C)CO)c(=O)[nH]1. The van der Waals surface area contributed by atoms with Gasteiger partial charge in [-0.05, 0) is 27.2 Å². The van der Waals surface area contributed by atoms with E-state index in [-0.39, 0.29) is 30.5 Å². The number of carbonyl (C=O) groups is 1. The molecular weight excluding hydrogens is 234 g/mol. The van der Waals surface area contributed by atoms with Gasteiger partial charge in [-0.3, -0.25) is 9.59 Å². The first-order chi connectivity index (χ1) is 8.43. The fourth-order valence-electron chi connectivity index (χ4n) is 1.68. The van der Waals surface area contributed by atoms with Crippen LogP contribution >= 0.6 is 0 Å². The van der Waals surface area contributed by atoms with E-state index >= 15 is 0 Å². The van der Waals surface area contributed by atoms with Crippen LogP contribution in [0.1, 0.15) is 30.4 Å². The first kappa shape index (κ1) is 14.4. The maximum atomic E-state index is 11.7. The van der Waals surface area contributed by atoms with Gasteiger partial charge < -0.3 is 15.4 Å². The van der Waals surface area contributed by atoms with Crippen LogP contribution in [0, 0.1) is 13.8 Å². The second-order valence-electron chi connectivity index (χ2n) is 4.37. The molecule has 1 rings (SSSR count). The molecule has 0 aliphatic heterocycles. The van der Waals surface area contributed by atoms with Crippen molar-refractivity contribution in [2.45, 2.75) is 39.7 Å². The van der Waals surface area contributed by atoms with Crippen LogP contribution in [0.5, 0.6) is 0 Å². The number of amides is 1. The largest absolute Gasteiger partial charge is 0.394 e. The highest BCUT2D eigenvalue weighted by Crippen LogP contribution is 2.02. The van der Waals surface area contributed by atoms with Gasteiger partial charge in [0.15, 0.2) is 0 Å². The molecule has 0 fully saturated rings. The number of hydrogen-bond acceptors (Lipinski definition) is 4. The van der Waals surface area contributed by atoms with Crippen molar-refractivity contribution in [2.75, 3.05) is 6.61 Å². The lowest BCUT2D eigenvalue weighted by Gasteiger charge is -2.10. The van der Waals surface area contributed by atoms with Gasteiger partial charge in [-0.1, -0.05) is 0 Å². The van der Waals surface area contributed by atoms with Gasteiger partial charge in [0, 0.05) is 23.7 Å². The molecule has 0 saturated carbocycles. The first-order valence-corrected chi connectivity index (χ1v) is 5.90. The molecule has 0 radical (unpaired) electrons. The first-order valence-electron chi connectivity index (χ1n) is 5.90. The summed E-state index contributed by atoms with van der Waals surface area (Å²) < 4.78 is 0. The standard InChI is InChI=1S/C12H19N3O3/c1-7(6-16)13-11(17)5-4-10-8(2)14-9(3)15-12(10)18/h7,16H,4-6H2,1-3H3,(H,13,17)(H,14,15,18)/t7-/m1/s1. The number of aromatic nitrogens is 2. The van der Waals surface area contributed by atoms with Crippen molar-refractivity contribution in [3.63, 3.8) is 0 Å². The summed E-state index contributed by atoms with van der Waals surface area (Å²) in [6.07, 6.45) is 0.553. The number of aliphatic hydroxyl groups is 1. The Balaban J connectivity index is 2.64. The summed E-state index contributed by atoms with van der Waals surface area (Å²) in [5.41, 5.74) is 0.995. The molecule has 0 saturated heterocycles. The average molecular weight is 253 g/mol. The predicted molar refractivity (Wildman–Crippen MR) is 67.3 cm³/mol. The van der Waals surface area contributed by atoms with Crippen molar-refractivity contribution in [3.05, 3.63) is 27.4 Å². The molecule has 0 aromatic carbocycles. The van der Waals surface area contributed by atoms with E-state index in [9.17, 15) is 9.59 Å². The Bertz CT molecular complexity index is 482. The second-order valence-corrected chi connectivity index (χ2v) is 4.37. The van der Waals surface area contributed by atoms with E-state index in [0.717, 1.165) is 0 Å². The van der Waals surface area contributed by atoms with Crippen LogP contribution in [0.15, 0.2) is 4.79 Å². The van der Waals surface area contributed by atoms with E-state index in [1.54, 1.807) is 20.8 Å².